The van der Waals surface area contributed by atoms with Crippen LogP contribution in [0.2, 0.25) is 0 Å². The monoisotopic (exact) mass is 372 g/mol. The molecule has 0 bridgehead atoms. The van der Waals surface area contributed by atoms with Crippen LogP contribution >= 0.6 is 11.3 Å². The molecule has 1 aliphatic rings. The lowest BCUT2D eigenvalue weighted by atomic mass is 10.0. The van der Waals surface area contributed by atoms with Crippen molar-refractivity contribution >= 4 is 28.2 Å². The van der Waals surface area contributed by atoms with Crippen molar-refractivity contribution in [1.82, 2.24) is 4.90 Å². The van der Waals surface area contributed by atoms with Gasteiger partial charge in [0.1, 0.15) is 5.00 Å². The Labute approximate surface area is 158 Å². The van der Waals surface area contributed by atoms with Gasteiger partial charge in [-0.15, -0.1) is 11.3 Å². The smallest absolute Gasteiger partial charge is 0.341 e. The summed E-state index contributed by atoms with van der Waals surface area (Å²) in [5.41, 5.74) is 2.71. The van der Waals surface area contributed by atoms with Crippen LogP contribution in [0.4, 0.5) is 5.00 Å². The Kier molecular flexibility index (Phi) is 6.06. The number of carbonyl (C=O) groups is 2. The SMILES string of the molecule is CCOC(=O)c1c(NC(=O)CCc2ccccc2)sc2c1CCN(C)C2. The lowest BCUT2D eigenvalue weighted by molar-refractivity contribution is -0.116. The number of aryl methyl sites for hydroxylation is 1. The number of anilines is 1. The first kappa shape index (κ1) is 18.6. The van der Waals surface area contributed by atoms with Gasteiger partial charge in [0.25, 0.3) is 0 Å². The number of benzene rings is 1. The minimum atomic E-state index is -0.340. The van der Waals surface area contributed by atoms with Crippen LogP contribution in [0, 0.1) is 0 Å². The maximum absolute atomic E-state index is 12.5. The van der Waals surface area contributed by atoms with E-state index in [4.69, 9.17) is 4.74 Å². The van der Waals surface area contributed by atoms with Crippen molar-refractivity contribution in [2.75, 3.05) is 25.5 Å². The first-order chi connectivity index (χ1) is 12.6. The Morgan fingerprint density at radius 3 is 2.77 bits per heavy atom. The molecule has 0 saturated heterocycles. The molecule has 0 atom stereocenters. The highest BCUT2D eigenvalue weighted by molar-refractivity contribution is 7.17. The van der Waals surface area contributed by atoms with E-state index in [1.165, 1.54) is 11.3 Å². The molecule has 0 saturated carbocycles. The summed E-state index contributed by atoms with van der Waals surface area (Å²) >= 11 is 1.50. The second kappa shape index (κ2) is 8.47. The fraction of sp³-hybridized carbons (Fsp3) is 0.400. The van der Waals surface area contributed by atoms with Crippen LogP contribution in [0.1, 0.15) is 39.7 Å². The summed E-state index contributed by atoms with van der Waals surface area (Å²) in [7, 11) is 2.06. The highest BCUT2D eigenvalue weighted by Gasteiger charge is 2.28. The first-order valence-corrected chi connectivity index (χ1v) is 9.74. The molecule has 0 aliphatic carbocycles. The number of nitrogens with one attached hydrogen (secondary N) is 1. The largest absolute Gasteiger partial charge is 0.462 e. The van der Waals surface area contributed by atoms with Crippen LogP contribution in [0.25, 0.3) is 0 Å². The van der Waals surface area contributed by atoms with E-state index in [-0.39, 0.29) is 11.9 Å². The van der Waals surface area contributed by atoms with Crippen molar-refractivity contribution in [3.63, 3.8) is 0 Å². The number of ether oxygens (including phenoxy) is 1. The summed E-state index contributed by atoms with van der Waals surface area (Å²) in [4.78, 5) is 28.2. The highest BCUT2D eigenvalue weighted by Crippen LogP contribution is 2.37. The van der Waals surface area contributed by atoms with E-state index >= 15 is 0 Å². The van der Waals surface area contributed by atoms with E-state index in [1.807, 2.05) is 30.3 Å². The molecule has 26 heavy (non-hydrogen) atoms. The average molecular weight is 372 g/mol. The number of esters is 1. The van der Waals surface area contributed by atoms with Crippen LogP contribution in [-0.4, -0.2) is 37.0 Å². The molecule has 2 aromatic rings. The number of rotatable bonds is 6. The zero-order valence-corrected chi connectivity index (χ0v) is 16.0. The van der Waals surface area contributed by atoms with Gasteiger partial charge in [-0.05, 0) is 37.9 Å². The summed E-state index contributed by atoms with van der Waals surface area (Å²) in [6, 6.07) is 9.92. The summed E-state index contributed by atoms with van der Waals surface area (Å²) in [5, 5.41) is 3.58. The molecule has 5 nitrogen and oxygen atoms in total. The molecule has 1 amide bonds. The molecule has 2 heterocycles. The number of fused-ring (bicyclic) bond motifs is 1. The Bertz CT molecular complexity index is 786. The minimum absolute atomic E-state index is 0.0775. The summed E-state index contributed by atoms with van der Waals surface area (Å²) < 4.78 is 5.23. The van der Waals surface area contributed by atoms with Gasteiger partial charge in [0.05, 0.1) is 12.2 Å². The second-order valence-electron chi connectivity index (χ2n) is 6.45. The quantitative estimate of drug-likeness (QED) is 0.789. The fourth-order valence-electron chi connectivity index (χ4n) is 3.13. The molecule has 138 valence electrons. The number of thiophene rings is 1. The third-order valence-corrected chi connectivity index (χ3v) is 5.60. The molecule has 0 fully saturated rings. The molecular weight excluding hydrogens is 348 g/mol. The van der Waals surface area contributed by atoms with Gasteiger partial charge in [-0.1, -0.05) is 30.3 Å². The van der Waals surface area contributed by atoms with Gasteiger partial charge in [-0.3, -0.25) is 4.79 Å². The van der Waals surface area contributed by atoms with Crippen LogP contribution < -0.4 is 5.32 Å². The number of likely N-dealkylation sites (N-methyl/N-ethyl adjacent to an activating group) is 1. The molecule has 0 unspecified atom stereocenters. The predicted molar refractivity (Wildman–Crippen MR) is 104 cm³/mol. The Hall–Kier alpha value is -2.18. The topological polar surface area (TPSA) is 58.6 Å². The van der Waals surface area contributed by atoms with E-state index in [9.17, 15) is 9.59 Å². The van der Waals surface area contributed by atoms with Crippen molar-refractivity contribution in [2.24, 2.45) is 0 Å². The lowest BCUT2D eigenvalue weighted by Gasteiger charge is -2.22. The Morgan fingerprint density at radius 2 is 2.04 bits per heavy atom. The maximum Gasteiger partial charge on any atom is 0.341 e. The predicted octanol–water partition coefficient (Wildman–Crippen LogP) is 3.48. The van der Waals surface area contributed by atoms with Crippen LogP contribution in [0.5, 0.6) is 0 Å². The Morgan fingerprint density at radius 1 is 1.27 bits per heavy atom. The molecule has 1 aromatic heterocycles. The maximum atomic E-state index is 12.5. The van der Waals surface area contributed by atoms with Gasteiger partial charge in [-0.2, -0.15) is 0 Å². The van der Waals surface area contributed by atoms with Crippen LogP contribution in [0.15, 0.2) is 30.3 Å². The van der Waals surface area contributed by atoms with E-state index in [0.29, 0.717) is 30.0 Å². The summed E-state index contributed by atoms with van der Waals surface area (Å²) in [6.45, 7) is 3.82. The van der Waals surface area contributed by atoms with Gasteiger partial charge >= 0.3 is 5.97 Å². The van der Waals surface area contributed by atoms with Crippen molar-refractivity contribution in [3.8, 4) is 0 Å². The van der Waals surface area contributed by atoms with E-state index in [1.54, 1.807) is 6.92 Å². The summed E-state index contributed by atoms with van der Waals surface area (Å²) in [5.74, 6) is -0.417. The molecule has 1 aromatic carbocycles. The zero-order chi connectivity index (χ0) is 18.5. The van der Waals surface area contributed by atoms with Crippen LogP contribution in [-0.2, 0) is 28.9 Å². The molecule has 6 heteroatoms. The van der Waals surface area contributed by atoms with Crippen LogP contribution in [0.3, 0.4) is 0 Å². The standard InChI is InChI=1S/C20H24N2O3S/c1-3-25-20(24)18-15-11-12-22(2)13-16(15)26-19(18)21-17(23)10-9-14-7-5-4-6-8-14/h4-8H,3,9-13H2,1-2H3,(H,21,23). The van der Waals surface area contributed by atoms with Gasteiger partial charge in [0, 0.05) is 24.4 Å². The van der Waals surface area contributed by atoms with Gasteiger partial charge < -0.3 is 15.0 Å². The number of nitrogens with zero attached hydrogens (tertiary/aromatic N) is 1. The average Bonchev–Trinajstić information content (AvgIpc) is 2.98. The number of carbonyl (C=O) groups excluding carboxylic acids is 2. The summed E-state index contributed by atoms with van der Waals surface area (Å²) in [6.07, 6.45) is 1.86. The molecule has 1 N–H and O–H groups in total. The van der Waals surface area contributed by atoms with E-state index in [0.717, 1.165) is 35.5 Å². The van der Waals surface area contributed by atoms with Gasteiger partial charge in [0.15, 0.2) is 0 Å². The third kappa shape index (κ3) is 4.31. The highest BCUT2D eigenvalue weighted by atomic mass is 32.1. The minimum Gasteiger partial charge on any atom is -0.462 e. The van der Waals surface area contributed by atoms with Gasteiger partial charge in [0.2, 0.25) is 5.91 Å². The normalized spacial score (nSPS) is 13.9. The molecule has 3 rings (SSSR count). The lowest BCUT2D eigenvalue weighted by Crippen LogP contribution is -2.26. The van der Waals surface area contributed by atoms with Gasteiger partial charge in [-0.25, -0.2) is 4.79 Å². The number of hydrogen-bond donors (Lipinski definition) is 1. The van der Waals surface area contributed by atoms with Crippen molar-refractivity contribution in [2.45, 2.75) is 32.7 Å². The second-order valence-corrected chi connectivity index (χ2v) is 7.56. The van der Waals surface area contributed by atoms with E-state index < -0.39 is 0 Å². The Balaban J connectivity index is 1.75. The zero-order valence-electron chi connectivity index (χ0n) is 15.2. The van der Waals surface area contributed by atoms with E-state index in [2.05, 4.69) is 17.3 Å². The fourth-order valence-corrected chi connectivity index (χ4v) is 4.46. The molecule has 1 aliphatic heterocycles. The number of hydrogen-bond acceptors (Lipinski definition) is 5. The van der Waals surface area contributed by atoms with Crippen molar-refractivity contribution in [1.29, 1.82) is 0 Å². The van der Waals surface area contributed by atoms with Crippen molar-refractivity contribution in [3.05, 3.63) is 51.9 Å². The molecular formula is C20H24N2O3S. The third-order valence-electron chi connectivity index (χ3n) is 4.46. The first-order valence-electron chi connectivity index (χ1n) is 8.92. The number of amides is 1. The molecule has 0 spiro atoms. The molecule has 0 radical (unpaired) electrons. The van der Waals surface area contributed by atoms with Crippen molar-refractivity contribution < 1.29 is 14.3 Å².